The van der Waals surface area contributed by atoms with Crippen molar-refractivity contribution in [2.24, 2.45) is 0 Å². The van der Waals surface area contributed by atoms with Crippen molar-refractivity contribution in [1.29, 1.82) is 0 Å². The maximum absolute atomic E-state index is 12.7. The van der Waals surface area contributed by atoms with Gasteiger partial charge in [-0.2, -0.15) is 18.3 Å². The third-order valence-electron chi connectivity index (χ3n) is 2.69. The summed E-state index contributed by atoms with van der Waals surface area (Å²) in [5.74, 6) is -0.738. The first-order valence-electron chi connectivity index (χ1n) is 5.74. The van der Waals surface area contributed by atoms with Crippen LogP contribution in [0.15, 0.2) is 36.7 Å². The van der Waals surface area contributed by atoms with Crippen molar-refractivity contribution in [2.45, 2.75) is 19.1 Å². The van der Waals surface area contributed by atoms with E-state index in [0.29, 0.717) is 11.8 Å². The van der Waals surface area contributed by atoms with Crippen LogP contribution in [-0.4, -0.2) is 15.6 Å². The van der Waals surface area contributed by atoms with Gasteiger partial charge in [-0.3, -0.25) is 9.48 Å². The van der Waals surface area contributed by atoms with Crippen LogP contribution in [0.2, 0.25) is 0 Å². The van der Waals surface area contributed by atoms with E-state index >= 15 is 0 Å². The lowest BCUT2D eigenvalue weighted by molar-refractivity contribution is -0.137. The second-order valence-electron chi connectivity index (χ2n) is 4.17. The molecule has 0 saturated heterocycles. The standard InChI is InChI=1S/C13H10F4N2O/c14-11-3-1-9(2-4-11)12(20)5-6-19-8-10(7-18-19)13(15,16)17/h1-4,7-8H,5-6H2. The predicted molar refractivity (Wildman–Crippen MR) is 62.6 cm³/mol. The highest BCUT2D eigenvalue weighted by molar-refractivity contribution is 5.95. The first-order chi connectivity index (χ1) is 9.36. The number of carbonyl (C=O) groups is 1. The van der Waals surface area contributed by atoms with E-state index in [-0.39, 0.29) is 18.7 Å². The van der Waals surface area contributed by atoms with Crippen molar-refractivity contribution in [3.8, 4) is 0 Å². The first-order valence-corrected chi connectivity index (χ1v) is 5.74. The molecule has 0 unspecified atom stereocenters. The molecule has 1 aromatic heterocycles. The molecule has 7 heteroatoms. The zero-order chi connectivity index (χ0) is 14.8. The Bertz CT molecular complexity index is 602. The van der Waals surface area contributed by atoms with Gasteiger partial charge in [0, 0.05) is 24.7 Å². The van der Waals surface area contributed by atoms with Crippen molar-refractivity contribution in [2.75, 3.05) is 0 Å². The van der Waals surface area contributed by atoms with Crippen LogP contribution in [0, 0.1) is 5.82 Å². The van der Waals surface area contributed by atoms with Gasteiger partial charge in [0.1, 0.15) is 5.82 Å². The number of nitrogens with zero attached hydrogens (tertiary/aromatic N) is 2. The van der Waals surface area contributed by atoms with E-state index in [1.54, 1.807) is 0 Å². The van der Waals surface area contributed by atoms with Crippen LogP contribution >= 0.6 is 0 Å². The maximum Gasteiger partial charge on any atom is 0.419 e. The summed E-state index contributed by atoms with van der Waals surface area (Å²) in [6.07, 6.45) is -2.90. The number of aryl methyl sites for hydroxylation is 1. The molecule has 0 aliphatic rings. The van der Waals surface area contributed by atoms with Gasteiger partial charge in [0.25, 0.3) is 0 Å². The molecule has 0 fully saturated rings. The summed E-state index contributed by atoms with van der Waals surface area (Å²) in [7, 11) is 0. The normalized spacial score (nSPS) is 11.6. The minimum absolute atomic E-state index is 0.00932. The number of aromatic nitrogens is 2. The van der Waals surface area contributed by atoms with E-state index in [1.807, 2.05) is 0 Å². The molecule has 0 atom stereocenters. The molecule has 0 radical (unpaired) electrons. The first kappa shape index (κ1) is 14.2. The SMILES string of the molecule is O=C(CCn1cc(C(F)(F)F)cn1)c1ccc(F)cc1. The fourth-order valence-electron chi connectivity index (χ4n) is 1.63. The van der Waals surface area contributed by atoms with E-state index in [0.717, 1.165) is 23.0 Å². The van der Waals surface area contributed by atoms with Gasteiger partial charge in [0.15, 0.2) is 5.78 Å². The van der Waals surface area contributed by atoms with Crippen molar-refractivity contribution in [3.63, 3.8) is 0 Å². The summed E-state index contributed by atoms with van der Waals surface area (Å²) in [5, 5.41) is 3.55. The number of halogens is 4. The molecular formula is C13H10F4N2O. The molecule has 0 amide bonds. The number of ketones is 1. The molecule has 0 N–H and O–H groups in total. The number of hydrogen-bond donors (Lipinski definition) is 0. The average Bonchev–Trinajstić information content (AvgIpc) is 2.85. The van der Waals surface area contributed by atoms with Gasteiger partial charge in [-0.15, -0.1) is 0 Å². The Morgan fingerprint density at radius 3 is 2.40 bits per heavy atom. The smallest absolute Gasteiger partial charge is 0.294 e. The maximum atomic E-state index is 12.7. The molecule has 1 heterocycles. The van der Waals surface area contributed by atoms with Gasteiger partial charge in [0.2, 0.25) is 0 Å². The fraction of sp³-hybridized carbons (Fsp3) is 0.231. The van der Waals surface area contributed by atoms with Gasteiger partial charge in [-0.05, 0) is 24.3 Å². The Balaban J connectivity index is 1.97. The van der Waals surface area contributed by atoms with Crippen molar-refractivity contribution in [1.82, 2.24) is 9.78 Å². The lowest BCUT2D eigenvalue weighted by Gasteiger charge is -2.03. The number of benzene rings is 1. The minimum atomic E-state index is -4.45. The Hall–Kier alpha value is -2.18. The lowest BCUT2D eigenvalue weighted by Crippen LogP contribution is -2.07. The van der Waals surface area contributed by atoms with Crippen molar-refractivity contribution < 1.29 is 22.4 Å². The van der Waals surface area contributed by atoms with Crippen LogP contribution in [0.1, 0.15) is 22.3 Å². The molecule has 20 heavy (non-hydrogen) atoms. The van der Waals surface area contributed by atoms with E-state index < -0.39 is 17.6 Å². The molecule has 106 valence electrons. The van der Waals surface area contributed by atoms with Crippen LogP contribution in [-0.2, 0) is 12.7 Å². The molecule has 2 aromatic rings. The molecule has 0 bridgehead atoms. The number of carbonyl (C=O) groups excluding carboxylic acids is 1. The Morgan fingerprint density at radius 2 is 1.85 bits per heavy atom. The number of alkyl halides is 3. The van der Waals surface area contributed by atoms with Gasteiger partial charge in [0.05, 0.1) is 11.8 Å². The van der Waals surface area contributed by atoms with Crippen LogP contribution < -0.4 is 0 Å². The second-order valence-corrected chi connectivity index (χ2v) is 4.17. The number of rotatable bonds is 4. The summed E-state index contributed by atoms with van der Waals surface area (Å²) in [5.41, 5.74) is -0.540. The van der Waals surface area contributed by atoms with E-state index in [1.165, 1.54) is 12.1 Å². The summed E-state index contributed by atoms with van der Waals surface area (Å²) in [6, 6.07) is 4.98. The van der Waals surface area contributed by atoms with Crippen molar-refractivity contribution in [3.05, 3.63) is 53.6 Å². The third kappa shape index (κ3) is 3.43. The highest BCUT2D eigenvalue weighted by Crippen LogP contribution is 2.28. The average molecular weight is 286 g/mol. The quantitative estimate of drug-likeness (QED) is 0.638. The monoisotopic (exact) mass is 286 g/mol. The Kier molecular flexibility index (Phi) is 3.87. The van der Waals surface area contributed by atoms with Gasteiger partial charge < -0.3 is 0 Å². The summed E-state index contributed by atoms with van der Waals surface area (Å²) in [6.45, 7) is 0.0340. The largest absolute Gasteiger partial charge is 0.419 e. The molecule has 3 nitrogen and oxygen atoms in total. The van der Waals surface area contributed by atoms with E-state index in [2.05, 4.69) is 5.10 Å². The van der Waals surface area contributed by atoms with E-state index in [9.17, 15) is 22.4 Å². The van der Waals surface area contributed by atoms with Gasteiger partial charge in [-0.1, -0.05) is 0 Å². The summed E-state index contributed by atoms with van der Waals surface area (Å²) >= 11 is 0. The Labute approximate surface area is 111 Å². The van der Waals surface area contributed by atoms with Crippen LogP contribution in [0.25, 0.3) is 0 Å². The molecule has 0 aliphatic carbocycles. The van der Waals surface area contributed by atoms with Crippen LogP contribution in [0.5, 0.6) is 0 Å². The zero-order valence-electron chi connectivity index (χ0n) is 10.2. The summed E-state index contributed by atoms with van der Waals surface area (Å²) < 4.78 is 50.8. The second kappa shape index (κ2) is 5.44. The lowest BCUT2D eigenvalue weighted by atomic mass is 10.1. The molecule has 0 spiro atoms. The van der Waals surface area contributed by atoms with Crippen molar-refractivity contribution >= 4 is 5.78 Å². The van der Waals surface area contributed by atoms with Gasteiger partial charge >= 0.3 is 6.18 Å². The fourth-order valence-corrected chi connectivity index (χ4v) is 1.63. The summed E-state index contributed by atoms with van der Waals surface area (Å²) in [4.78, 5) is 11.7. The molecule has 2 rings (SSSR count). The Morgan fingerprint density at radius 1 is 1.20 bits per heavy atom. The highest BCUT2D eigenvalue weighted by atomic mass is 19.4. The van der Waals surface area contributed by atoms with Crippen LogP contribution in [0.4, 0.5) is 17.6 Å². The third-order valence-corrected chi connectivity index (χ3v) is 2.69. The number of Topliss-reactive ketones (excluding diaryl/α,β-unsaturated/α-hetero) is 1. The van der Waals surface area contributed by atoms with Crippen LogP contribution in [0.3, 0.4) is 0 Å². The predicted octanol–water partition coefficient (Wildman–Crippen LogP) is 3.31. The zero-order valence-corrected chi connectivity index (χ0v) is 10.2. The van der Waals surface area contributed by atoms with E-state index in [4.69, 9.17) is 0 Å². The highest BCUT2D eigenvalue weighted by Gasteiger charge is 2.32. The topological polar surface area (TPSA) is 34.9 Å². The molecule has 1 aromatic carbocycles. The minimum Gasteiger partial charge on any atom is -0.294 e. The molecular weight excluding hydrogens is 276 g/mol. The molecule has 0 aliphatic heterocycles. The van der Waals surface area contributed by atoms with Gasteiger partial charge in [-0.25, -0.2) is 4.39 Å². The molecule has 0 saturated carbocycles. The number of hydrogen-bond acceptors (Lipinski definition) is 2.